The molecule has 1 aliphatic rings. The molecule has 0 atom stereocenters. The minimum atomic E-state index is 0.714. The summed E-state index contributed by atoms with van der Waals surface area (Å²) >= 11 is 5.48. The largest absolute Gasteiger partial charge is 0.329 e. The Hall–Kier alpha value is -1.20. The van der Waals surface area contributed by atoms with Crippen LogP contribution >= 0.6 is 12.2 Å². The number of aromatic amines is 1. The van der Waals surface area contributed by atoms with Gasteiger partial charge in [-0.3, -0.25) is 0 Å². The van der Waals surface area contributed by atoms with Gasteiger partial charge in [0, 0.05) is 12.7 Å². The summed E-state index contributed by atoms with van der Waals surface area (Å²) in [7, 11) is 0. The van der Waals surface area contributed by atoms with Crippen molar-refractivity contribution in [1.82, 2.24) is 19.4 Å². The molecule has 1 fully saturated rings. The Labute approximate surface area is 124 Å². The lowest BCUT2D eigenvalue weighted by molar-refractivity contribution is 0.181. The van der Waals surface area contributed by atoms with Gasteiger partial charge in [-0.25, -0.2) is 4.98 Å². The third kappa shape index (κ3) is 2.52. The number of hydrogen-bond donors (Lipinski definition) is 1. The van der Waals surface area contributed by atoms with Crippen molar-refractivity contribution < 1.29 is 0 Å². The summed E-state index contributed by atoms with van der Waals surface area (Å²) in [4.78, 5) is 10.3. The molecule has 0 amide bonds. The average Bonchev–Trinajstić information content (AvgIpc) is 2.78. The van der Waals surface area contributed by atoms with Crippen molar-refractivity contribution in [3.05, 3.63) is 22.6 Å². The van der Waals surface area contributed by atoms with Gasteiger partial charge in [0.05, 0.1) is 5.52 Å². The zero-order valence-electron chi connectivity index (χ0n) is 12.2. The molecule has 4 nitrogen and oxygen atoms in total. The van der Waals surface area contributed by atoms with Gasteiger partial charge in [0.25, 0.3) is 0 Å². The molecule has 3 heterocycles. The fourth-order valence-corrected chi connectivity index (χ4v) is 3.35. The van der Waals surface area contributed by atoms with Crippen molar-refractivity contribution in [2.45, 2.75) is 33.2 Å². The molecule has 108 valence electrons. The predicted molar refractivity (Wildman–Crippen MR) is 84.5 cm³/mol. The molecule has 1 aliphatic heterocycles. The first-order valence-corrected chi connectivity index (χ1v) is 7.86. The fraction of sp³-hybridized carbons (Fsp3) is 0.600. The lowest BCUT2D eigenvalue weighted by Gasteiger charge is -2.31. The van der Waals surface area contributed by atoms with Gasteiger partial charge in [0.15, 0.2) is 10.4 Å². The monoisotopic (exact) mass is 290 g/mol. The highest BCUT2D eigenvalue weighted by Gasteiger charge is 2.20. The minimum Gasteiger partial charge on any atom is -0.329 e. The van der Waals surface area contributed by atoms with E-state index in [1.165, 1.54) is 38.0 Å². The van der Waals surface area contributed by atoms with E-state index in [4.69, 9.17) is 12.2 Å². The molecule has 20 heavy (non-hydrogen) atoms. The maximum Gasteiger partial charge on any atom is 0.179 e. The van der Waals surface area contributed by atoms with Crippen molar-refractivity contribution in [3.8, 4) is 0 Å². The molecule has 0 bridgehead atoms. The van der Waals surface area contributed by atoms with Crippen LogP contribution in [0.1, 0.15) is 25.3 Å². The molecule has 0 aliphatic carbocycles. The van der Waals surface area contributed by atoms with Crippen molar-refractivity contribution in [1.29, 1.82) is 0 Å². The Morgan fingerprint density at radius 1 is 1.40 bits per heavy atom. The van der Waals surface area contributed by atoms with Crippen LogP contribution in [0.4, 0.5) is 0 Å². The number of nitrogens with zero attached hydrogens (tertiary/aromatic N) is 3. The number of aromatic nitrogens is 3. The van der Waals surface area contributed by atoms with Crippen LogP contribution in [0.15, 0.2) is 12.3 Å². The molecule has 3 rings (SSSR count). The molecule has 5 heteroatoms. The Balaban J connectivity index is 1.83. The molecule has 0 spiro atoms. The lowest BCUT2D eigenvalue weighted by Crippen LogP contribution is -2.34. The number of piperidine rings is 1. The fourth-order valence-electron chi connectivity index (χ4n) is 3.09. The van der Waals surface area contributed by atoms with Crippen molar-refractivity contribution in [2.75, 3.05) is 19.6 Å². The highest BCUT2D eigenvalue weighted by molar-refractivity contribution is 7.71. The van der Waals surface area contributed by atoms with Crippen LogP contribution in [0, 0.1) is 17.6 Å². The number of nitrogens with one attached hydrogen (secondary N) is 1. The van der Waals surface area contributed by atoms with E-state index in [-0.39, 0.29) is 0 Å². The van der Waals surface area contributed by atoms with E-state index in [0.717, 1.165) is 22.5 Å². The van der Waals surface area contributed by atoms with E-state index < -0.39 is 0 Å². The number of imidazole rings is 1. The number of hydrogen-bond acceptors (Lipinski definition) is 3. The molecule has 0 radical (unpaired) electrons. The van der Waals surface area contributed by atoms with E-state index in [0.29, 0.717) is 5.92 Å². The molecule has 0 saturated carbocycles. The standard InChI is InChI=1S/C15H22N4S/c1-3-18-8-5-12(6-9-18)10-19-14-13(17-15(19)20)11(2)4-7-16-14/h4,7,12H,3,5-6,8-10H2,1-2H3,(H,17,20). The Kier molecular flexibility index (Phi) is 3.89. The lowest BCUT2D eigenvalue weighted by atomic mass is 9.97. The van der Waals surface area contributed by atoms with E-state index in [9.17, 15) is 0 Å². The summed E-state index contributed by atoms with van der Waals surface area (Å²) in [6.07, 6.45) is 4.39. The van der Waals surface area contributed by atoms with Gasteiger partial charge in [-0.15, -0.1) is 0 Å². The molecular formula is C15H22N4S. The van der Waals surface area contributed by atoms with Crippen molar-refractivity contribution in [2.24, 2.45) is 5.92 Å². The van der Waals surface area contributed by atoms with Crippen LogP contribution in [-0.2, 0) is 6.54 Å². The third-order valence-electron chi connectivity index (χ3n) is 4.47. The zero-order chi connectivity index (χ0) is 14.1. The maximum atomic E-state index is 5.48. The van der Waals surface area contributed by atoms with Gasteiger partial charge >= 0.3 is 0 Å². The second kappa shape index (κ2) is 5.66. The second-order valence-corrected chi connectivity index (χ2v) is 6.13. The summed E-state index contributed by atoms with van der Waals surface area (Å²) in [5.74, 6) is 0.714. The van der Waals surface area contributed by atoms with Gasteiger partial charge < -0.3 is 14.5 Å². The smallest absolute Gasteiger partial charge is 0.179 e. The Morgan fingerprint density at radius 3 is 2.85 bits per heavy atom. The first kappa shape index (κ1) is 13.8. The number of rotatable bonds is 3. The highest BCUT2D eigenvalue weighted by atomic mass is 32.1. The molecule has 1 N–H and O–H groups in total. The topological polar surface area (TPSA) is 36.9 Å². The molecule has 0 aromatic carbocycles. The predicted octanol–water partition coefficient (Wildman–Crippen LogP) is 3.13. The van der Waals surface area contributed by atoms with Gasteiger partial charge in [0.1, 0.15) is 0 Å². The SMILES string of the molecule is CCN1CCC(Cn2c(=S)[nH]c3c(C)ccnc32)CC1. The Morgan fingerprint density at radius 2 is 2.15 bits per heavy atom. The van der Waals surface area contributed by atoms with E-state index >= 15 is 0 Å². The van der Waals surface area contributed by atoms with Crippen molar-refractivity contribution >= 4 is 23.4 Å². The molecule has 2 aromatic heterocycles. The molecule has 0 unspecified atom stereocenters. The maximum absolute atomic E-state index is 5.48. The van der Waals surface area contributed by atoms with E-state index in [1.807, 2.05) is 12.3 Å². The summed E-state index contributed by atoms with van der Waals surface area (Å²) in [6.45, 7) is 8.92. The molecule has 2 aromatic rings. The number of aryl methyl sites for hydroxylation is 1. The second-order valence-electron chi connectivity index (χ2n) is 5.74. The van der Waals surface area contributed by atoms with Crippen LogP contribution in [0.3, 0.4) is 0 Å². The Bertz CT molecular complexity index is 649. The summed E-state index contributed by atoms with van der Waals surface area (Å²) < 4.78 is 2.99. The van der Waals surface area contributed by atoms with Crippen LogP contribution in [-0.4, -0.2) is 39.1 Å². The van der Waals surface area contributed by atoms with Gasteiger partial charge in [-0.05, 0) is 69.2 Å². The highest BCUT2D eigenvalue weighted by Crippen LogP contribution is 2.22. The van der Waals surface area contributed by atoms with E-state index in [1.54, 1.807) is 0 Å². The quantitative estimate of drug-likeness (QED) is 0.882. The molecular weight excluding hydrogens is 268 g/mol. The normalized spacial score (nSPS) is 17.9. The van der Waals surface area contributed by atoms with Crippen LogP contribution < -0.4 is 0 Å². The first-order chi connectivity index (χ1) is 9.69. The third-order valence-corrected chi connectivity index (χ3v) is 4.79. The first-order valence-electron chi connectivity index (χ1n) is 7.45. The van der Waals surface area contributed by atoms with E-state index in [2.05, 4.69) is 33.3 Å². The number of H-pyrrole nitrogens is 1. The van der Waals surface area contributed by atoms with Crippen molar-refractivity contribution in [3.63, 3.8) is 0 Å². The van der Waals surface area contributed by atoms with Crippen LogP contribution in [0.2, 0.25) is 0 Å². The number of pyridine rings is 1. The number of fused-ring (bicyclic) bond motifs is 1. The summed E-state index contributed by atoms with van der Waals surface area (Å²) in [5, 5.41) is 0. The average molecular weight is 290 g/mol. The van der Waals surface area contributed by atoms with Gasteiger partial charge in [-0.1, -0.05) is 6.92 Å². The van der Waals surface area contributed by atoms with Crippen LogP contribution in [0.5, 0.6) is 0 Å². The van der Waals surface area contributed by atoms with Gasteiger partial charge in [-0.2, -0.15) is 0 Å². The minimum absolute atomic E-state index is 0.714. The molecule has 1 saturated heterocycles. The zero-order valence-corrected chi connectivity index (χ0v) is 13.0. The van der Waals surface area contributed by atoms with Crippen LogP contribution in [0.25, 0.3) is 11.2 Å². The van der Waals surface area contributed by atoms with Gasteiger partial charge in [0.2, 0.25) is 0 Å². The summed E-state index contributed by atoms with van der Waals surface area (Å²) in [5.41, 5.74) is 3.30. The summed E-state index contributed by atoms with van der Waals surface area (Å²) in [6, 6.07) is 2.03. The number of likely N-dealkylation sites (tertiary alicyclic amines) is 1.